The van der Waals surface area contributed by atoms with Gasteiger partial charge in [0, 0.05) is 6.54 Å². The molecular formula is C24H32N2O7S. The molecule has 186 valence electrons. The molecule has 9 nitrogen and oxygen atoms in total. The summed E-state index contributed by atoms with van der Waals surface area (Å²) in [6, 6.07) is 13.1. The number of sulfonamides is 1. The molecule has 0 aliphatic rings. The van der Waals surface area contributed by atoms with E-state index in [1.807, 2.05) is 0 Å². The molecule has 0 aliphatic carbocycles. The molecule has 0 aromatic heterocycles. The Morgan fingerprint density at radius 1 is 1.00 bits per heavy atom. The first-order valence-electron chi connectivity index (χ1n) is 10.9. The van der Waals surface area contributed by atoms with Gasteiger partial charge >= 0.3 is 12.1 Å². The van der Waals surface area contributed by atoms with E-state index in [1.165, 1.54) is 12.1 Å². The fourth-order valence-corrected chi connectivity index (χ4v) is 4.12. The van der Waals surface area contributed by atoms with E-state index in [-0.39, 0.29) is 11.3 Å². The molecule has 2 aromatic rings. The molecule has 1 amide bonds. The summed E-state index contributed by atoms with van der Waals surface area (Å²) in [5.74, 6) is -0.652. The Hall–Kier alpha value is -3.11. The van der Waals surface area contributed by atoms with Crippen LogP contribution in [-0.2, 0) is 26.0 Å². The number of hydrogen-bond acceptors (Lipinski definition) is 6. The van der Waals surface area contributed by atoms with E-state index >= 15 is 0 Å². The average Bonchev–Trinajstić information content (AvgIpc) is 2.76. The highest BCUT2D eigenvalue weighted by Gasteiger charge is 2.25. The number of carboxylic acids is 1. The molecule has 34 heavy (non-hydrogen) atoms. The van der Waals surface area contributed by atoms with Crippen molar-refractivity contribution >= 4 is 22.1 Å². The maximum absolute atomic E-state index is 12.5. The number of amides is 1. The Balaban J connectivity index is 1.78. The topological polar surface area (TPSA) is 131 Å². The zero-order chi connectivity index (χ0) is 25.2. The minimum Gasteiger partial charge on any atom is -0.494 e. The Bertz CT molecular complexity index is 1030. The third-order valence-electron chi connectivity index (χ3n) is 4.52. The lowest BCUT2D eigenvalue weighted by molar-refractivity contribution is -0.138. The van der Waals surface area contributed by atoms with Crippen molar-refractivity contribution in [3.63, 3.8) is 0 Å². The predicted molar refractivity (Wildman–Crippen MR) is 127 cm³/mol. The van der Waals surface area contributed by atoms with Crippen molar-refractivity contribution in [2.45, 2.75) is 56.6 Å². The minimum atomic E-state index is -3.96. The molecule has 0 unspecified atom stereocenters. The van der Waals surface area contributed by atoms with Crippen LogP contribution in [0.4, 0.5) is 4.79 Å². The zero-order valence-corrected chi connectivity index (χ0v) is 20.4. The van der Waals surface area contributed by atoms with Gasteiger partial charge in [-0.1, -0.05) is 30.3 Å². The Kier molecular flexibility index (Phi) is 9.88. The summed E-state index contributed by atoms with van der Waals surface area (Å²) >= 11 is 0. The molecule has 10 heteroatoms. The molecule has 0 heterocycles. The molecule has 0 fully saturated rings. The fourth-order valence-electron chi connectivity index (χ4n) is 2.91. The number of alkyl carbamates (subject to hydrolysis) is 1. The van der Waals surface area contributed by atoms with E-state index in [9.17, 15) is 23.1 Å². The zero-order valence-electron chi connectivity index (χ0n) is 19.6. The maximum atomic E-state index is 12.5. The molecule has 0 spiro atoms. The van der Waals surface area contributed by atoms with Crippen molar-refractivity contribution in [3.8, 4) is 5.75 Å². The molecule has 2 rings (SSSR count). The first-order chi connectivity index (χ1) is 16.0. The van der Waals surface area contributed by atoms with Crippen LogP contribution < -0.4 is 14.8 Å². The number of carboxylic acid groups (broad SMARTS) is 1. The summed E-state index contributed by atoms with van der Waals surface area (Å²) in [4.78, 5) is 23.2. The van der Waals surface area contributed by atoms with Crippen LogP contribution in [0.3, 0.4) is 0 Å². The van der Waals surface area contributed by atoms with Gasteiger partial charge in [-0.15, -0.1) is 0 Å². The SMILES string of the molecule is CC(C)(C)OC(=O)NCCCCOc1ccc(C[C@H](NS(=O)(=O)c2ccccc2)C(=O)O)cc1. The van der Waals surface area contributed by atoms with Gasteiger partial charge in [-0.3, -0.25) is 4.79 Å². The lowest BCUT2D eigenvalue weighted by atomic mass is 10.1. The molecule has 3 N–H and O–H groups in total. The van der Waals surface area contributed by atoms with Gasteiger partial charge in [0.05, 0.1) is 11.5 Å². The van der Waals surface area contributed by atoms with Crippen LogP contribution in [0.5, 0.6) is 5.75 Å². The number of rotatable bonds is 12. The monoisotopic (exact) mass is 492 g/mol. The molecule has 0 aliphatic heterocycles. The normalized spacial score (nSPS) is 12.6. The highest BCUT2D eigenvalue weighted by atomic mass is 32.2. The fraction of sp³-hybridized carbons (Fsp3) is 0.417. The van der Waals surface area contributed by atoms with Crippen molar-refractivity contribution in [1.82, 2.24) is 10.0 Å². The van der Waals surface area contributed by atoms with Crippen LogP contribution in [0, 0.1) is 0 Å². The highest BCUT2D eigenvalue weighted by Crippen LogP contribution is 2.16. The predicted octanol–water partition coefficient (Wildman–Crippen LogP) is 3.34. The summed E-state index contributed by atoms with van der Waals surface area (Å²) in [6.45, 7) is 6.33. The van der Waals surface area contributed by atoms with Crippen molar-refractivity contribution in [2.75, 3.05) is 13.2 Å². The van der Waals surface area contributed by atoms with Gasteiger partial charge in [-0.05, 0) is 69.9 Å². The lowest BCUT2D eigenvalue weighted by Gasteiger charge is -2.19. The van der Waals surface area contributed by atoms with Crippen LogP contribution >= 0.6 is 0 Å². The largest absolute Gasteiger partial charge is 0.494 e. The molecule has 0 saturated heterocycles. The molecule has 0 radical (unpaired) electrons. The Morgan fingerprint density at radius 3 is 2.24 bits per heavy atom. The molecule has 0 bridgehead atoms. The van der Waals surface area contributed by atoms with Crippen molar-refractivity contribution < 1.29 is 32.6 Å². The van der Waals surface area contributed by atoms with E-state index in [0.29, 0.717) is 24.5 Å². The minimum absolute atomic E-state index is 0.00583. The van der Waals surface area contributed by atoms with E-state index in [0.717, 1.165) is 12.8 Å². The number of hydrogen-bond donors (Lipinski definition) is 3. The highest BCUT2D eigenvalue weighted by molar-refractivity contribution is 7.89. The number of carbonyl (C=O) groups excluding carboxylic acids is 1. The summed E-state index contributed by atoms with van der Waals surface area (Å²) in [7, 11) is -3.96. The second-order valence-corrected chi connectivity index (χ2v) is 10.4. The molecule has 2 aromatic carbocycles. The van der Waals surface area contributed by atoms with Gasteiger partial charge in [-0.2, -0.15) is 4.72 Å². The van der Waals surface area contributed by atoms with Gasteiger partial charge in [0.2, 0.25) is 10.0 Å². The first kappa shape index (κ1) is 27.1. The van der Waals surface area contributed by atoms with E-state index < -0.39 is 33.7 Å². The average molecular weight is 493 g/mol. The van der Waals surface area contributed by atoms with Crippen molar-refractivity contribution in [1.29, 1.82) is 0 Å². The second kappa shape index (κ2) is 12.4. The number of benzene rings is 2. The first-order valence-corrected chi connectivity index (χ1v) is 12.4. The number of aliphatic carboxylic acids is 1. The van der Waals surface area contributed by atoms with E-state index in [1.54, 1.807) is 63.2 Å². The molecular weight excluding hydrogens is 460 g/mol. The Labute approximate surface area is 200 Å². The maximum Gasteiger partial charge on any atom is 0.407 e. The summed E-state index contributed by atoms with van der Waals surface area (Å²) in [6.07, 6.45) is 0.978. The molecule has 0 saturated carbocycles. The third kappa shape index (κ3) is 9.80. The molecule has 1 atom stereocenters. The number of nitrogens with one attached hydrogen (secondary N) is 2. The number of carbonyl (C=O) groups is 2. The standard InChI is InChI=1S/C24H32N2O7S/c1-24(2,3)33-23(29)25-15-7-8-16-32-19-13-11-18(12-14-19)17-21(22(27)28)26-34(30,31)20-9-5-4-6-10-20/h4-6,9-14,21,26H,7-8,15-17H2,1-3H3,(H,25,29)(H,27,28)/t21-/m0/s1. The second-order valence-electron chi connectivity index (χ2n) is 8.66. The van der Waals surface area contributed by atoms with Crippen LogP contribution in [0.2, 0.25) is 0 Å². The van der Waals surface area contributed by atoms with Gasteiger partial charge < -0.3 is 19.9 Å². The van der Waals surface area contributed by atoms with Gasteiger partial charge in [0.1, 0.15) is 17.4 Å². The van der Waals surface area contributed by atoms with Gasteiger partial charge in [0.15, 0.2) is 0 Å². The van der Waals surface area contributed by atoms with E-state index in [2.05, 4.69) is 10.0 Å². The van der Waals surface area contributed by atoms with Crippen molar-refractivity contribution in [3.05, 3.63) is 60.2 Å². The summed E-state index contributed by atoms with van der Waals surface area (Å²) < 4.78 is 38.0. The number of unbranched alkanes of at least 4 members (excludes halogenated alkanes) is 1. The van der Waals surface area contributed by atoms with E-state index in [4.69, 9.17) is 9.47 Å². The van der Waals surface area contributed by atoms with Gasteiger partial charge in [-0.25, -0.2) is 13.2 Å². The van der Waals surface area contributed by atoms with Gasteiger partial charge in [0.25, 0.3) is 0 Å². The van der Waals surface area contributed by atoms with Crippen molar-refractivity contribution in [2.24, 2.45) is 0 Å². The quantitative estimate of drug-likeness (QED) is 0.387. The van der Waals surface area contributed by atoms with Crippen LogP contribution in [0.1, 0.15) is 39.2 Å². The smallest absolute Gasteiger partial charge is 0.407 e. The summed E-state index contributed by atoms with van der Waals surface area (Å²) in [5, 5.41) is 12.2. The van der Waals surface area contributed by atoms with Crippen LogP contribution in [0.15, 0.2) is 59.5 Å². The van der Waals surface area contributed by atoms with Crippen LogP contribution in [-0.4, -0.2) is 50.4 Å². The van der Waals surface area contributed by atoms with Crippen LogP contribution in [0.25, 0.3) is 0 Å². The number of ether oxygens (including phenoxy) is 2. The summed E-state index contributed by atoms with van der Waals surface area (Å²) in [5.41, 5.74) is 0.118. The lowest BCUT2D eigenvalue weighted by Crippen LogP contribution is -2.42. The Morgan fingerprint density at radius 2 is 1.65 bits per heavy atom. The third-order valence-corrected chi connectivity index (χ3v) is 6.01.